The van der Waals surface area contributed by atoms with E-state index in [2.05, 4.69) is 4.98 Å². The number of aliphatic hydroxyl groups is 1. The van der Waals surface area contributed by atoms with Crippen molar-refractivity contribution >= 4 is 0 Å². The largest absolute Gasteiger partial charge is 0.387 e. The van der Waals surface area contributed by atoms with Gasteiger partial charge in [0.1, 0.15) is 6.10 Å². The average molecular weight is 225 g/mol. The van der Waals surface area contributed by atoms with Crippen LogP contribution in [0.1, 0.15) is 19.4 Å². The fourth-order valence-corrected chi connectivity index (χ4v) is 1.46. The Labute approximate surface area is 96.2 Å². The topological polar surface area (TPSA) is 51.6 Å². The molecule has 16 heavy (non-hydrogen) atoms. The molecular formula is C12H19NO3. The van der Waals surface area contributed by atoms with Crippen LogP contribution < -0.4 is 0 Å². The van der Waals surface area contributed by atoms with Gasteiger partial charge in [-0.15, -0.1) is 0 Å². The van der Waals surface area contributed by atoms with Crippen molar-refractivity contribution in [1.82, 2.24) is 4.98 Å². The van der Waals surface area contributed by atoms with Crippen molar-refractivity contribution < 1.29 is 14.6 Å². The quantitative estimate of drug-likeness (QED) is 0.712. The summed E-state index contributed by atoms with van der Waals surface area (Å²) < 4.78 is 10.7. The SMILES string of the molecule is CCOC(OCC)C(O)Cc1ccncc1. The van der Waals surface area contributed by atoms with E-state index in [1.807, 2.05) is 26.0 Å². The zero-order chi connectivity index (χ0) is 11.8. The van der Waals surface area contributed by atoms with E-state index in [-0.39, 0.29) is 0 Å². The molecule has 0 aliphatic rings. The number of pyridine rings is 1. The molecule has 0 spiro atoms. The Bertz CT molecular complexity index is 273. The summed E-state index contributed by atoms with van der Waals surface area (Å²) in [6, 6.07) is 3.75. The monoisotopic (exact) mass is 225 g/mol. The molecule has 0 saturated heterocycles. The van der Waals surface area contributed by atoms with E-state index in [9.17, 15) is 5.11 Å². The number of hydrogen-bond donors (Lipinski definition) is 1. The van der Waals surface area contributed by atoms with E-state index in [1.54, 1.807) is 12.4 Å². The van der Waals surface area contributed by atoms with E-state index in [4.69, 9.17) is 9.47 Å². The molecule has 1 aromatic rings. The molecule has 0 fully saturated rings. The Hall–Kier alpha value is -0.970. The Morgan fingerprint density at radius 2 is 1.75 bits per heavy atom. The van der Waals surface area contributed by atoms with Crippen molar-refractivity contribution in [2.45, 2.75) is 32.7 Å². The van der Waals surface area contributed by atoms with Gasteiger partial charge in [-0.2, -0.15) is 0 Å². The molecule has 0 amide bonds. The lowest BCUT2D eigenvalue weighted by atomic mass is 10.1. The molecule has 1 rings (SSSR count). The molecule has 90 valence electrons. The van der Waals surface area contributed by atoms with Crippen LogP contribution in [0.3, 0.4) is 0 Å². The lowest BCUT2D eigenvalue weighted by molar-refractivity contribution is -0.188. The third-order valence-electron chi connectivity index (χ3n) is 2.17. The Kier molecular flexibility index (Phi) is 6.00. The van der Waals surface area contributed by atoms with Gasteiger partial charge in [0.2, 0.25) is 0 Å². The van der Waals surface area contributed by atoms with Crippen LogP contribution in [0, 0.1) is 0 Å². The normalized spacial score (nSPS) is 13.0. The van der Waals surface area contributed by atoms with Crippen LogP contribution >= 0.6 is 0 Å². The van der Waals surface area contributed by atoms with Crippen LogP contribution in [-0.4, -0.2) is 35.7 Å². The highest BCUT2D eigenvalue weighted by atomic mass is 16.7. The molecule has 0 bridgehead atoms. The summed E-state index contributed by atoms with van der Waals surface area (Å²) in [5.41, 5.74) is 1.02. The number of aromatic nitrogens is 1. The third-order valence-corrected chi connectivity index (χ3v) is 2.17. The van der Waals surface area contributed by atoms with Crippen LogP contribution in [0.15, 0.2) is 24.5 Å². The summed E-state index contributed by atoms with van der Waals surface area (Å²) in [4.78, 5) is 3.93. The minimum absolute atomic E-state index is 0.507. The summed E-state index contributed by atoms with van der Waals surface area (Å²) in [6.45, 7) is 4.81. The highest BCUT2D eigenvalue weighted by Crippen LogP contribution is 2.09. The molecule has 1 heterocycles. The van der Waals surface area contributed by atoms with E-state index >= 15 is 0 Å². The summed E-state index contributed by atoms with van der Waals surface area (Å²) in [5, 5.41) is 9.95. The van der Waals surface area contributed by atoms with Crippen molar-refractivity contribution in [3.63, 3.8) is 0 Å². The van der Waals surface area contributed by atoms with Gasteiger partial charge in [0.25, 0.3) is 0 Å². The first-order chi connectivity index (χ1) is 7.77. The Morgan fingerprint density at radius 1 is 1.19 bits per heavy atom. The van der Waals surface area contributed by atoms with Crippen LogP contribution in [0.25, 0.3) is 0 Å². The lowest BCUT2D eigenvalue weighted by Crippen LogP contribution is -2.33. The predicted molar refractivity (Wildman–Crippen MR) is 61.0 cm³/mol. The van der Waals surface area contributed by atoms with Gasteiger partial charge in [0.15, 0.2) is 6.29 Å². The van der Waals surface area contributed by atoms with Gasteiger partial charge in [0.05, 0.1) is 0 Å². The number of ether oxygens (including phenoxy) is 2. The van der Waals surface area contributed by atoms with Crippen LogP contribution in [0.2, 0.25) is 0 Å². The molecular weight excluding hydrogens is 206 g/mol. The minimum atomic E-state index is -0.651. The van der Waals surface area contributed by atoms with E-state index < -0.39 is 12.4 Å². The lowest BCUT2D eigenvalue weighted by Gasteiger charge is -2.22. The molecule has 0 aromatic carbocycles. The smallest absolute Gasteiger partial charge is 0.183 e. The molecule has 0 radical (unpaired) electrons. The van der Waals surface area contributed by atoms with Gasteiger partial charge in [-0.25, -0.2) is 0 Å². The van der Waals surface area contributed by atoms with Crippen molar-refractivity contribution in [3.05, 3.63) is 30.1 Å². The van der Waals surface area contributed by atoms with Crippen LogP contribution in [0.4, 0.5) is 0 Å². The van der Waals surface area contributed by atoms with Gasteiger partial charge in [-0.1, -0.05) is 0 Å². The van der Waals surface area contributed by atoms with Crippen LogP contribution in [-0.2, 0) is 15.9 Å². The van der Waals surface area contributed by atoms with Crippen molar-refractivity contribution in [3.8, 4) is 0 Å². The van der Waals surface area contributed by atoms with E-state index in [1.165, 1.54) is 0 Å². The summed E-state index contributed by atoms with van der Waals surface area (Å²) in [6.07, 6.45) is 2.72. The second-order valence-electron chi connectivity index (χ2n) is 3.41. The maximum Gasteiger partial charge on any atom is 0.183 e. The first-order valence-corrected chi connectivity index (χ1v) is 5.58. The average Bonchev–Trinajstić information content (AvgIpc) is 2.30. The second kappa shape index (κ2) is 7.33. The third kappa shape index (κ3) is 4.26. The molecule has 4 heteroatoms. The molecule has 0 aliphatic heterocycles. The number of rotatable bonds is 7. The molecule has 0 saturated carbocycles. The predicted octanol–water partition coefficient (Wildman–Crippen LogP) is 1.38. The Balaban J connectivity index is 2.51. The van der Waals surface area contributed by atoms with Crippen molar-refractivity contribution in [1.29, 1.82) is 0 Å². The van der Waals surface area contributed by atoms with Gasteiger partial charge in [0, 0.05) is 32.0 Å². The summed E-state index contributed by atoms with van der Waals surface area (Å²) in [5.74, 6) is 0. The zero-order valence-corrected chi connectivity index (χ0v) is 9.80. The van der Waals surface area contributed by atoms with Gasteiger partial charge < -0.3 is 14.6 Å². The van der Waals surface area contributed by atoms with Crippen molar-refractivity contribution in [2.75, 3.05) is 13.2 Å². The highest BCUT2D eigenvalue weighted by Gasteiger charge is 2.19. The van der Waals surface area contributed by atoms with Gasteiger partial charge >= 0.3 is 0 Å². The minimum Gasteiger partial charge on any atom is -0.387 e. The molecule has 1 N–H and O–H groups in total. The van der Waals surface area contributed by atoms with Crippen molar-refractivity contribution in [2.24, 2.45) is 0 Å². The maximum absolute atomic E-state index is 9.95. The Morgan fingerprint density at radius 3 is 2.25 bits per heavy atom. The van der Waals surface area contributed by atoms with Gasteiger partial charge in [-0.05, 0) is 31.5 Å². The van der Waals surface area contributed by atoms with Crippen LogP contribution in [0.5, 0.6) is 0 Å². The molecule has 4 nitrogen and oxygen atoms in total. The fraction of sp³-hybridized carbons (Fsp3) is 0.583. The highest BCUT2D eigenvalue weighted by molar-refractivity contribution is 5.10. The maximum atomic E-state index is 9.95. The van der Waals surface area contributed by atoms with E-state index in [0.29, 0.717) is 19.6 Å². The van der Waals surface area contributed by atoms with E-state index in [0.717, 1.165) is 5.56 Å². The fourth-order valence-electron chi connectivity index (χ4n) is 1.46. The zero-order valence-electron chi connectivity index (χ0n) is 9.80. The molecule has 1 aromatic heterocycles. The molecule has 1 unspecified atom stereocenters. The number of hydrogen-bond acceptors (Lipinski definition) is 4. The second-order valence-corrected chi connectivity index (χ2v) is 3.41. The molecule has 1 atom stereocenters. The summed E-state index contributed by atoms with van der Waals surface area (Å²) >= 11 is 0. The first-order valence-electron chi connectivity index (χ1n) is 5.58. The van der Waals surface area contributed by atoms with Gasteiger partial charge in [-0.3, -0.25) is 4.98 Å². The standard InChI is InChI=1S/C12H19NO3/c1-3-15-12(16-4-2)11(14)9-10-5-7-13-8-6-10/h5-8,11-12,14H,3-4,9H2,1-2H3. The summed E-state index contributed by atoms with van der Waals surface area (Å²) in [7, 11) is 0. The number of nitrogens with zero attached hydrogens (tertiary/aromatic N) is 1. The number of aliphatic hydroxyl groups excluding tert-OH is 1. The molecule has 0 aliphatic carbocycles. The first kappa shape index (κ1) is 13.1.